The predicted molar refractivity (Wildman–Crippen MR) is 61.0 cm³/mol. The Morgan fingerprint density at radius 1 is 1.38 bits per heavy atom. The molecule has 4 heteroatoms. The standard InChI is InChI=1S/C12H21NO3/c1-4-9(5-2)11(14)13-7-6-8(3)10(13)12(15)16/h8-10H,4-7H2,1-3H3,(H,15,16). The summed E-state index contributed by atoms with van der Waals surface area (Å²) >= 11 is 0. The second-order valence-corrected chi connectivity index (χ2v) is 4.59. The number of carbonyl (C=O) groups excluding carboxylic acids is 1. The van der Waals surface area contributed by atoms with Gasteiger partial charge >= 0.3 is 5.97 Å². The van der Waals surface area contributed by atoms with E-state index in [0.717, 1.165) is 19.3 Å². The van der Waals surface area contributed by atoms with E-state index in [0.29, 0.717) is 6.54 Å². The molecule has 0 aromatic carbocycles. The first-order chi connectivity index (χ1) is 7.52. The first-order valence-corrected chi connectivity index (χ1v) is 6.06. The highest BCUT2D eigenvalue weighted by Gasteiger charge is 2.40. The normalized spacial score (nSPS) is 25.1. The number of aliphatic carboxylic acids is 1. The van der Waals surface area contributed by atoms with Crippen LogP contribution in [0.15, 0.2) is 0 Å². The van der Waals surface area contributed by atoms with Crippen molar-refractivity contribution in [3.05, 3.63) is 0 Å². The van der Waals surface area contributed by atoms with Crippen LogP contribution in [-0.2, 0) is 9.59 Å². The van der Waals surface area contributed by atoms with Crippen LogP contribution in [0.1, 0.15) is 40.0 Å². The minimum absolute atomic E-state index is 0.0155. The number of amides is 1. The summed E-state index contributed by atoms with van der Waals surface area (Å²) in [5, 5.41) is 9.14. The molecule has 2 atom stereocenters. The molecule has 92 valence electrons. The highest BCUT2D eigenvalue weighted by Crippen LogP contribution is 2.27. The molecule has 0 aliphatic carbocycles. The molecule has 0 aromatic heterocycles. The maximum absolute atomic E-state index is 12.1. The van der Waals surface area contributed by atoms with Gasteiger partial charge in [-0.25, -0.2) is 4.79 Å². The van der Waals surface area contributed by atoms with E-state index in [2.05, 4.69) is 0 Å². The lowest BCUT2D eigenvalue weighted by Crippen LogP contribution is -2.45. The van der Waals surface area contributed by atoms with Crippen molar-refractivity contribution in [1.82, 2.24) is 4.90 Å². The average Bonchev–Trinajstić information content (AvgIpc) is 2.61. The smallest absolute Gasteiger partial charge is 0.326 e. The summed E-state index contributed by atoms with van der Waals surface area (Å²) in [6, 6.07) is -0.618. The average molecular weight is 227 g/mol. The molecule has 0 spiro atoms. The fourth-order valence-corrected chi connectivity index (χ4v) is 2.44. The Balaban J connectivity index is 2.79. The van der Waals surface area contributed by atoms with Crippen molar-refractivity contribution in [2.24, 2.45) is 11.8 Å². The molecule has 1 N–H and O–H groups in total. The first kappa shape index (κ1) is 13.0. The Morgan fingerprint density at radius 2 is 1.94 bits per heavy atom. The van der Waals surface area contributed by atoms with Gasteiger partial charge in [0.1, 0.15) is 6.04 Å². The maximum atomic E-state index is 12.1. The molecule has 0 aromatic rings. The summed E-state index contributed by atoms with van der Waals surface area (Å²) in [7, 11) is 0. The minimum atomic E-state index is -0.871. The molecule has 1 rings (SSSR count). The van der Waals surface area contributed by atoms with Crippen LogP contribution in [0.2, 0.25) is 0 Å². The summed E-state index contributed by atoms with van der Waals surface area (Å²) in [5.74, 6) is -0.811. The van der Waals surface area contributed by atoms with Crippen LogP contribution in [0.25, 0.3) is 0 Å². The highest BCUT2D eigenvalue weighted by molar-refractivity contribution is 5.85. The quantitative estimate of drug-likeness (QED) is 0.796. The molecule has 2 unspecified atom stereocenters. The van der Waals surface area contributed by atoms with Gasteiger partial charge in [0.05, 0.1) is 0 Å². The van der Waals surface area contributed by atoms with Crippen LogP contribution in [0.3, 0.4) is 0 Å². The van der Waals surface area contributed by atoms with Crippen molar-refractivity contribution in [3.63, 3.8) is 0 Å². The van der Waals surface area contributed by atoms with Gasteiger partial charge < -0.3 is 10.0 Å². The molecule has 1 aliphatic heterocycles. The Labute approximate surface area is 96.6 Å². The molecule has 16 heavy (non-hydrogen) atoms. The van der Waals surface area contributed by atoms with Crippen LogP contribution < -0.4 is 0 Å². The molecule has 1 heterocycles. The van der Waals surface area contributed by atoms with Gasteiger partial charge in [-0.05, 0) is 25.2 Å². The van der Waals surface area contributed by atoms with Gasteiger partial charge in [-0.1, -0.05) is 20.8 Å². The van der Waals surface area contributed by atoms with Gasteiger partial charge in [0.25, 0.3) is 0 Å². The lowest BCUT2D eigenvalue weighted by Gasteiger charge is -2.26. The summed E-state index contributed by atoms with van der Waals surface area (Å²) in [6.45, 7) is 6.44. The summed E-state index contributed by atoms with van der Waals surface area (Å²) in [6.07, 6.45) is 2.36. The molecule has 0 saturated carbocycles. The van der Waals surface area contributed by atoms with Gasteiger partial charge in [-0.15, -0.1) is 0 Å². The number of hydrogen-bond acceptors (Lipinski definition) is 2. The topological polar surface area (TPSA) is 57.6 Å². The monoisotopic (exact) mass is 227 g/mol. The summed E-state index contributed by atoms with van der Waals surface area (Å²) < 4.78 is 0. The van der Waals surface area contributed by atoms with E-state index in [1.54, 1.807) is 4.90 Å². The lowest BCUT2D eigenvalue weighted by molar-refractivity contribution is -0.151. The van der Waals surface area contributed by atoms with Gasteiger partial charge in [0, 0.05) is 12.5 Å². The van der Waals surface area contributed by atoms with Gasteiger partial charge in [0.2, 0.25) is 5.91 Å². The lowest BCUT2D eigenvalue weighted by atomic mass is 9.99. The highest BCUT2D eigenvalue weighted by atomic mass is 16.4. The van der Waals surface area contributed by atoms with Crippen molar-refractivity contribution in [2.45, 2.75) is 46.1 Å². The van der Waals surface area contributed by atoms with E-state index >= 15 is 0 Å². The number of carboxylic acid groups (broad SMARTS) is 1. The second kappa shape index (κ2) is 5.32. The maximum Gasteiger partial charge on any atom is 0.326 e. The van der Waals surface area contributed by atoms with Crippen molar-refractivity contribution in [2.75, 3.05) is 6.54 Å². The molecular weight excluding hydrogens is 206 g/mol. The number of carbonyl (C=O) groups is 2. The first-order valence-electron chi connectivity index (χ1n) is 6.06. The molecule has 0 bridgehead atoms. The van der Waals surface area contributed by atoms with Crippen LogP contribution in [0.5, 0.6) is 0 Å². The fraction of sp³-hybridized carbons (Fsp3) is 0.833. The molecule has 1 amide bonds. The fourth-order valence-electron chi connectivity index (χ4n) is 2.44. The number of hydrogen-bond donors (Lipinski definition) is 1. The van der Waals surface area contributed by atoms with Crippen LogP contribution in [0, 0.1) is 11.8 Å². The zero-order valence-electron chi connectivity index (χ0n) is 10.3. The van der Waals surface area contributed by atoms with Gasteiger partial charge in [-0.2, -0.15) is 0 Å². The molecule has 1 aliphatic rings. The Bertz CT molecular complexity index is 273. The van der Waals surface area contributed by atoms with E-state index in [-0.39, 0.29) is 17.7 Å². The molecular formula is C12H21NO3. The third kappa shape index (κ3) is 2.36. The van der Waals surface area contributed by atoms with Crippen molar-refractivity contribution in [1.29, 1.82) is 0 Å². The third-order valence-corrected chi connectivity index (χ3v) is 3.57. The second-order valence-electron chi connectivity index (χ2n) is 4.59. The molecule has 4 nitrogen and oxygen atoms in total. The van der Waals surface area contributed by atoms with Crippen molar-refractivity contribution in [3.8, 4) is 0 Å². The zero-order chi connectivity index (χ0) is 12.3. The van der Waals surface area contributed by atoms with E-state index in [9.17, 15) is 9.59 Å². The molecule has 1 fully saturated rings. The van der Waals surface area contributed by atoms with Crippen molar-refractivity contribution >= 4 is 11.9 Å². The van der Waals surface area contributed by atoms with E-state index in [1.807, 2.05) is 20.8 Å². The Morgan fingerprint density at radius 3 is 2.38 bits per heavy atom. The zero-order valence-corrected chi connectivity index (χ0v) is 10.3. The Hall–Kier alpha value is -1.06. The van der Waals surface area contributed by atoms with Gasteiger partial charge in [0.15, 0.2) is 0 Å². The molecule has 0 radical (unpaired) electrons. The van der Waals surface area contributed by atoms with Crippen molar-refractivity contribution < 1.29 is 14.7 Å². The van der Waals surface area contributed by atoms with E-state index in [4.69, 9.17) is 5.11 Å². The van der Waals surface area contributed by atoms with Crippen LogP contribution in [0.4, 0.5) is 0 Å². The van der Waals surface area contributed by atoms with Crippen LogP contribution >= 0.6 is 0 Å². The SMILES string of the molecule is CCC(CC)C(=O)N1CCC(C)C1C(=O)O. The summed E-state index contributed by atoms with van der Waals surface area (Å²) in [4.78, 5) is 24.8. The number of likely N-dealkylation sites (tertiary alicyclic amines) is 1. The summed E-state index contributed by atoms with van der Waals surface area (Å²) in [5.41, 5.74) is 0. The Kier molecular flexibility index (Phi) is 4.33. The largest absolute Gasteiger partial charge is 0.480 e. The van der Waals surface area contributed by atoms with E-state index in [1.165, 1.54) is 0 Å². The third-order valence-electron chi connectivity index (χ3n) is 3.57. The minimum Gasteiger partial charge on any atom is -0.480 e. The van der Waals surface area contributed by atoms with Gasteiger partial charge in [-0.3, -0.25) is 4.79 Å². The predicted octanol–water partition coefficient (Wildman–Crippen LogP) is 1.74. The number of carboxylic acids is 1. The van der Waals surface area contributed by atoms with E-state index < -0.39 is 12.0 Å². The molecule has 1 saturated heterocycles. The number of nitrogens with zero attached hydrogens (tertiary/aromatic N) is 1. The number of rotatable bonds is 4. The van der Waals surface area contributed by atoms with Crippen LogP contribution in [-0.4, -0.2) is 34.5 Å².